The SMILES string of the molecule is Nc1nc2ncc(CNc3ccc(C(=O)N[C@@H](CCC(=O)NCCCCCC(=O)N4C[C@H](O[PH](=O)O)C[C@H]4CO)C(=O)O)cc3)nc2c(=O)[nH]1. The Hall–Kier alpha value is -4.97. The van der Waals surface area contributed by atoms with Gasteiger partial charge in [0.2, 0.25) is 17.8 Å². The van der Waals surface area contributed by atoms with Gasteiger partial charge in [0.25, 0.3) is 11.5 Å². The Kier molecular flexibility index (Phi) is 13.7. The average Bonchev–Trinajstić information content (AvgIpc) is 3.49. The van der Waals surface area contributed by atoms with E-state index in [1.807, 2.05) is 0 Å². The van der Waals surface area contributed by atoms with Gasteiger partial charge in [-0.25, -0.2) is 14.8 Å². The zero-order chi connectivity index (χ0) is 36.2. The molecule has 3 heterocycles. The van der Waals surface area contributed by atoms with Crippen molar-refractivity contribution in [2.45, 2.75) is 69.7 Å². The molecule has 1 aliphatic heterocycles. The number of unbranched alkanes of at least 4 members (excludes halogenated alkanes) is 2. The van der Waals surface area contributed by atoms with E-state index in [1.54, 1.807) is 12.1 Å². The number of aliphatic hydroxyl groups excluding tert-OH is 1. The van der Waals surface area contributed by atoms with E-state index < -0.39 is 43.9 Å². The van der Waals surface area contributed by atoms with Crippen molar-refractivity contribution in [2.75, 3.05) is 30.7 Å². The monoisotopic (exact) mass is 717 g/mol. The second-order valence-electron chi connectivity index (χ2n) is 11.6. The van der Waals surface area contributed by atoms with Crippen molar-refractivity contribution in [3.05, 3.63) is 52.1 Å². The van der Waals surface area contributed by atoms with E-state index in [1.165, 1.54) is 23.2 Å². The van der Waals surface area contributed by atoms with Gasteiger partial charge in [-0.2, -0.15) is 4.98 Å². The van der Waals surface area contributed by atoms with Crippen LogP contribution < -0.4 is 27.2 Å². The lowest BCUT2D eigenvalue weighted by Crippen LogP contribution is -2.41. The minimum absolute atomic E-state index is 0.0437. The molecule has 0 radical (unpaired) electrons. The maximum Gasteiger partial charge on any atom is 0.326 e. The summed E-state index contributed by atoms with van der Waals surface area (Å²) in [7, 11) is -3.14. The summed E-state index contributed by atoms with van der Waals surface area (Å²) in [4.78, 5) is 86.5. The Bertz CT molecular complexity index is 1760. The van der Waals surface area contributed by atoms with Crippen LogP contribution in [0, 0.1) is 0 Å². The summed E-state index contributed by atoms with van der Waals surface area (Å²) in [5.74, 6) is -2.55. The van der Waals surface area contributed by atoms with Crippen molar-refractivity contribution < 1.29 is 43.4 Å². The van der Waals surface area contributed by atoms with Crippen molar-refractivity contribution in [3.63, 3.8) is 0 Å². The molecule has 0 saturated carbocycles. The van der Waals surface area contributed by atoms with Gasteiger partial charge in [0.15, 0.2) is 11.2 Å². The molecular formula is C30H40N9O10P. The van der Waals surface area contributed by atoms with Gasteiger partial charge in [0.1, 0.15) is 6.04 Å². The van der Waals surface area contributed by atoms with Crippen molar-refractivity contribution in [1.82, 2.24) is 35.5 Å². The number of nitrogens with one attached hydrogen (secondary N) is 4. The summed E-state index contributed by atoms with van der Waals surface area (Å²) in [5.41, 5.74) is 6.45. The number of carbonyl (C=O) groups is 4. The van der Waals surface area contributed by atoms with Crippen LogP contribution in [-0.4, -0.2) is 102 Å². The number of aromatic amines is 1. The average molecular weight is 718 g/mol. The first-order valence-corrected chi connectivity index (χ1v) is 17.2. The number of carboxylic acid groups (broad SMARTS) is 1. The predicted molar refractivity (Wildman–Crippen MR) is 179 cm³/mol. The van der Waals surface area contributed by atoms with Crippen LogP contribution in [0.3, 0.4) is 0 Å². The molecule has 270 valence electrons. The molecule has 4 atom stereocenters. The number of aromatic nitrogens is 4. The molecule has 50 heavy (non-hydrogen) atoms. The Morgan fingerprint density at radius 1 is 1.12 bits per heavy atom. The highest BCUT2D eigenvalue weighted by atomic mass is 31.1. The number of benzene rings is 1. The van der Waals surface area contributed by atoms with Crippen LogP contribution in [0.25, 0.3) is 11.2 Å². The third kappa shape index (κ3) is 11.0. The molecule has 1 saturated heterocycles. The maximum atomic E-state index is 12.7. The molecule has 2 aromatic heterocycles. The Labute approximate surface area is 286 Å². The fourth-order valence-corrected chi connectivity index (χ4v) is 5.84. The van der Waals surface area contributed by atoms with E-state index >= 15 is 0 Å². The summed E-state index contributed by atoms with van der Waals surface area (Å²) < 4.78 is 15.9. The van der Waals surface area contributed by atoms with E-state index in [0.29, 0.717) is 37.2 Å². The van der Waals surface area contributed by atoms with Gasteiger partial charge < -0.3 is 46.2 Å². The van der Waals surface area contributed by atoms with Crippen LogP contribution in [0.15, 0.2) is 35.3 Å². The highest BCUT2D eigenvalue weighted by molar-refractivity contribution is 7.32. The van der Waals surface area contributed by atoms with Crippen molar-refractivity contribution >= 4 is 54.7 Å². The normalized spacial score (nSPS) is 16.9. The van der Waals surface area contributed by atoms with Crippen LogP contribution in [0.1, 0.15) is 61.0 Å². The van der Waals surface area contributed by atoms with Crippen molar-refractivity contribution in [2.24, 2.45) is 0 Å². The minimum Gasteiger partial charge on any atom is -0.480 e. The molecule has 0 aliphatic carbocycles. The number of hydrogen-bond donors (Lipinski definition) is 8. The Morgan fingerprint density at radius 2 is 1.88 bits per heavy atom. The van der Waals surface area contributed by atoms with E-state index in [0.717, 1.165) is 0 Å². The number of H-pyrrole nitrogens is 1. The lowest BCUT2D eigenvalue weighted by molar-refractivity contribution is -0.139. The zero-order valence-corrected chi connectivity index (χ0v) is 28.0. The van der Waals surface area contributed by atoms with E-state index in [9.17, 15) is 38.8 Å². The Morgan fingerprint density at radius 3 is 2.58 bits per heavy atom. The van der Waals surface area contributed by atoms with Crippen LogP contribution in [0.2, 0.25) is 0 Å². The highest BCUT2D eigenvalue weighted by Crippen LogP contribution is 2.28. The first-order chi connectivity index (χ1) is 23.9. The van der Waals surface area contributed by atoms with Gasteiger partial charge in [-0.15, -0.1) is 0 Å². The number of fused-ring (bicyclic) bond motifs is 1. The second-order valence-corrected chi connectivity index (χ2v) is 12.4. The first-order valence-electron chi connectivity index (χ1n) is 15.9. The fraction of sp³-hybridized carbons (Fsp3) is 0.467. The standard InChI is InChI=1S/C30H40N9O10P/c31-30-37-26-25(28(44)38-30)35-19(14-34-26)13-33-18-7-5-17(6-8-18)27(43)36-22(29(45)46)9-10-23(41)32-11-3-1-2-4-24(42)39-15-21(49-50(47)48)12-20(39)16-40/h5-8,14,20-22,33,40,50H,1-4,9-13,15-16H2,(H,32,41)(H,36,43)(H,45,46)(H,47,48)(H3,31,34,37,38,44)/t20-,21+,22-/m0/s1. The molecule has 3 amide bonds. The third-order valence-corrected chi connectivity index (χ3v) is 8.47. The molecule has 1 unspecified atom stereocenters. The molecule has 3 aromatic rings. The molecule has 20 heteroatoms. The largest absolute Gasteiger partial charge is 0.480 e. The van der Waals surface area contributed by atoms with Gasteiger partial charge in [-0.1, -0.05) is 6.42 Å². The molecular weight excluding hydrogens is 677 g/mol. The lowest BCUT2D eigenvalue weighted by Gasteiger charge is -2.22. The van der Waals surface area contributed by atoms with E-state index in [-0.39, 0.29) is 79.9 Å². The van der Waals surface area contributed by atoms with Gasteiger partial charge in [0.05, 0.1) is 37.2 Å². The first kappa shape index (κ1) is 37.8. The molecule has 1 aromatic carbocycles. The summed E-state index contributed by atoms with van der Waals surface area (Å²) in [6.07, 6.45) is 2.83. The maximum absolute atomic E-state index is 12.7. The number of carboxylic acids is 1. The number of aliphatic hydroxyl groups is 1. The number of rotatable bonds is 18. The number of hydrogen-bond acceptors (Lipinski definition) is 13. The zero-order valence-electron chi connectivity index (χ0n) is 27.0. The number of aliphatic carboxylic acids is 1. The molecule has 1 aliphatic rings. The van der Waals surface area contributed by atoms with Gasteiger partial charge in [-0.05, 0) is 49.9 Å². The molecule has 1 fully saturated rings. The molecule has 9 N–H and O–H groups in total. The van der Waals surface area contributed by atoms with Crippen molar-refractivity contribution in [1.29, 1.82) is 0 Å². The molecule has 4 rings (SSSR count). The summed E-state index contributed by atoms with van der Waals surface area (Å²) in [6.45, 7) is 0.401. The van der Waals surface area contributed by atoms with Crippen LogP contribution in [-0.2, 0) is 30.0 Å². The molecule has 0 bridgehead atoms. The number of nitrogen functional groups attached to an aromatic ring is 1. The molecule has 0 spiro atoms. The van der Waals surface area contributed by atoms with E-state index in [2.05, 4.69) is 35.9 Å². The number of anilines is 2. The van der Waals surface area contributed by atoms with Gasteiger partial charge >= 0.3 is 14.2 Å². The van der Waals surface area contributed by atoms with Gasteiger partial charge in [-0.3, -0.25) is 28.7 Å². The number of nitrogens with zero attached hydrogens (tertiary/aromatic N) is 4. The molecule has 19 nitrogen and oxygen atoms in total. The minimum atomic E-state index is -3.14. The topological polar surface area (TPSA) is 292 Å². The summed E-state index contributed by atoms with van der Waals surface area (Å²) in [5, 5.41) is 27.4. The lowest BCUT2D eigenvalue weighted by atomic mass is 10.1. The smallest absolute Gasteiger partial charge is 0.326 e. The summed E-state index contributed by atoms with van der Waals surface area (Å²) >= 11 is 0. The number of amides is 3. The second kappa shape index (κ2) is 18.1. The number of carbonyl (C=O) groups excluding carboxylic acids is 3. The predicted octanol–water partition coefficient (Wildman–Crippen LogP) is -0.0924. The highest BCUT2D eigenvalue weighted by Gasteiger charge is 2.35. The van der Waals surface area contributed by atoms with Crippen LogP contribution >= 0.6 is 8.25 Å². The Balaban J connectivity index is 1.13. The third-order valence-electron chi connectivity index (χ3n) is 7.93. The van der Waals surface area contributed by atoms with Crippen LogP contribution in [0.4, 0.5) is 11.6 Å². The number of likely N-dealkylation sites (tertiary alicyclic amines) is 1. The van der Waals surface area contributed by atoms with Crippen LogP contribution in [0.5, 0.6) is 0 Å². The quantitative estimate of drug-likeness (QED) is 0.0630. The van der Waals surface area contributed by atoms with Gasteiger partial charge in [0, 0.05) is 37.2 Å². The number of nitrogens with two attached hydrogens (primary N) is 1. The van der Waals surface area contributed by atoms with E-state index in [4.69, 9.17) is 15.2 Å². The summed E-state index contributed by atoms with van der Waals surface area (Å²) in [6, 6.07) is 4.48. The fourth-order valence-electron chi connectivity index (χ4n) is 5.38. The van der Waals surface area contributed by atoms with Crippen molar-refractivity contribution in [3.8, 4) is 0 Å².